The standard InChI is InChI=1S/C21H24N2O4S/c1-2-28(26,27)22-14-21(15-22)19(16-9-5-3-6-10-16)18(13-24)23(21)20(25)17-11-7-4-8-12-17/h3-12,18-19,24H,2,13-15H2,1H3/t18-,19+/m0/s1. The highest BCUT2D eigenvalue weighted by atomic mass is 32.2. The third-order valence-electron chi connectivity index (χ3n) is 6.02. The number of rotatable bonds is 5. The van der Waals surface area contributed by atoms with E-state index in [1.165, 1.54) is 4.31 Å². The molecule has 0 unspecified atom stereocenters. The predicted octanol–water partition coefficient (Wildman–Crippen LogP) is 1.69. The second kappa shape index (κ2) is 6.99. The first-order chi connectivity index (χ1) is 13.4. The van der Waals surface area contributed by atoms with Gasteiger partial charge in [-0.15, -0.1) is 0 Å². The van der Waals surface area contributed by atoms with Crippen LogP contribution in [-0.4, -0.2) is 65.7 Å². The fourth-order valence-corrected chi connectivity index (χ4v) is 5.86. The summed E-state index contributed by atoms with van der Waals surface area (Å²) in [6.45, 7) is 1.98. The molecule has 28 heavy (non-hydrogen) atoms. The number of carbonyl (C=O) groups excluding carboxylic acids is 1. The summed E-state index contributed by atoms with van der Waals surface area (Å²) < 4.78 is 26.1. The van der Waals surface area contributed by atoms with Crippen LogP contribution in [0.25, 0.3) is 0 Å². The summed E-state index contributed by atoms with van der Waals surface area (Å²) >= 11 is 0. The molecule has 0 aliphatic carbocycles. The largest absolute Gasteiger partial charge is 0.394 e. The molecule has 2 saturated heterocycles. The van der Waals surface area contributed by atoms with Crippen molar-refractivity contribution < 1.29 is 18.3 Å². The Kier molecular flexibility index (Phi) is 4.77. The third-order valence-corrected chi connectivity index (χ3v) is 7.79. The van der Waals surface area contributed by atoms with Gasteiger partial charge in [-0.1, -0.05) is 48.5 Å². The SMILES string of the molecule is CCS(=O)(=O)N1CC2(C1)[C@H](c1ccccc1)[C@H](CO)N2C(=O)c1ccccc1. The van der Waals surface area contributed by atoms with Gasteiger partial charge in [-0.25, -0.2) is 8.42 Å². The molecule has 1 amide bonds. The molecule has 2 heterocycles. The number of nitrogens with zero attached hydrogens (tertiary/aromatic N) is 2. The van der Waals surface area contributed by atoms with Crippen LogP contribution in [0.1, 0.15) is 28.8 Å². The number of benzene rings is 2. The van der Waals surface area contributed by atoms with Gasteiger partial charge < -0.3 is 10.0 Å². The Labute approximate surface area is 165 Å². The molecule has 2 aliphatic heterocycles. The monoisotopic (exact) mass is 400 g/mol. The molecule has 2 aromatic rings. The van der Waals surface area contributed by atoms with Crippen molar-refractivity contribution in [2.24, 2.45) is 0 Å². The summed E-state index contributed by atoms with van der Waals surface area (Å²) in [5, 5.41) is 10.1. The van der Waals surface area contributed by atoms with Crippen LogP contribution in [0, 0.1) is 0 Å². The lowest BCUT2D eigenvalue weighted by atomic mass is 9.61. The van der Waals surface area contributed by atoms with E-state index in [0.29, 0.717) is 5.56 Å². The highest BCUT2D eigenvalue weighted by molar-refractivity contribution is 7.89. The first-order valence-electron chi connectivity index (χ1n) is 9.47. The molecule has 2 aromatic carbocycles. The molecule has 2 fully saturated rings. The molecule has 2 atom stereocenters. The molecule has 1 N–H and O–H groups in total. The number of likely N-dealkylation sites (tertiary alicyclic amines) is 1. The molecule has 0 aromatic heterocycles. The maximum absolute atomic E-state index is 13.3. The molecule has 0 radical (unpaired) electrons. The second-order valence-electron chi connectivity index (χ2n) is 7.45. The Morgan fingerprint density at radius 3 is 2.18 bits per heavy atom. The van der Waals surface area contributed by atoms with Crippen LogP contribution in [0.2, 0.25) is 0 Å². The average molecular weight is 401 g/mol. The normalized spacial score (nSPS) is 23.9. The van der Waals surface area contributed by atoms with E-state index in [9.17, 15) is 18.3 Å². The summed E-state index contributed by atoms with van der Waals surface area (Å²) in [4.78, 5) is 15.0. The molecule has 4 rings (SSSR count). The van der Waals surface area contributed by atoms with Gasteiger partial charge in [0.2, 0.25) is 10.0 Å². The Morgan fingerprint density at radius 2 is 1.64 bits per heavy atom. The minimum Gasteiger partial charge on any atom is -0.394 e. The number of carbonyl (C=O) groups is 1. The summed E-state index contributed by atoms with van der Waals surface area (Å²) in [5.41, 5.74) is 0.944. The van der Waals surface area contributed by atoms with E-state index in [2.05, 4.69) is 0 Å². The van der Waals surface area contributed by atoms with Gasteiger partial charge in [0.05, 0.1) is 23.9 Å². The van der Waals surface area contributed by atoms with E-state index in [1.807, 2.05) is 36.4 Å². The van der Waals surface area contributed by atoms with Gasteiger partial charge in [-0.05, 0) is 24.6 Å². The highest BCUT2D eigenvalue weighted by Gasteiger charge is 2.68. The molecule has 0 bridgehead atoms. The topological polar surface area (TPSA) is 77.9 Å². The molecular weight excluding hydrogens is 376 g/mol. The number of sulfonamides is 1. The van der Waals surface area contributed by atoms with Crippen molar-refractivity contribution in [3.05, 3.63) is 71.8 Å². The Morgan fingerprint density at radius 1 is 1.07 bits per heavy atom. The minimum absolute atomic E-state index is 0.0368. The zero-order chi connectivity index (χ0) is 19.9. The van der Waals surface area contributed by atoms with Crippen molar-refractivity contribution in [3.8, 4) is 0 Å². The first-order valence-corrected chi connectivity index (χ1v) is 11.1. The van der Waals surface area contributed by atoms with Gasteiger partial charge in [0.1, 0.15) is 0 Å². The number of amides is 1. The lowest BCUT2D eigenvalue weighted by Gasteiger charge is -2.70. The van der Waals surface area contributed by atoms with Crippen LogP contribution < -0.4 is 0 Å². The number of hydrogen-bond donors (Lipinski definition) is 1. The fraction of sp³-hybridized carbons (Fsp3) is 0.381. The smallest absolute Gasteiger partial charge is 0.254 e. The average Bonchev–Trinajstić information content (AvgIpc) is 2.67. The van der Waals surface area contributed by atoms with Crippen LogP contribution in [0.4, 0.5) is 0 Å². The van der Waals surface area contributed by atoms with Crippen LogP contribution in [-0.2, 0) is 10.0 Å². The second-order valence-corrected chi connectivity index (χ2v) is 9.71. The van der Waals surface area contributed by atoms with Crippen LogP contribution in [0.3, 0.4) is 0 Å². The van der Waals surface area contributed by atoms with Crippen molar-refractivity contribution in [1.29, 1.82) is 0 Å². The summed E-state index contributed by atoms with van der Waals surface area (Å²) in [6.07, 6.45) is 0. The maximum Gasteiger partial charge on any atom is 0.254 e. The Bertz CT molecular complexity index is 956. The zero-order valence-corrected chi connectivity index (χ0v) is 16.5. The van der Waals surface area contributed by atoms with Gasteiger partial charge in [0, 0.05) is 24.6 Å². The fourth-order valence-electron chi connectivity index (χ4n) is 4.65. The maximum atomic E-state index is 13.3. The van der Waals surface area contributed by atoms with E-state index in [-0.39, 0.29) is 43.3 Å². The van der Waals surface area contributed by atoms with Crippen molar-refractivity contribution >= 4 is 15.9 Å². The van der Waals surface area contributed by atoms with Crippen molar-refractivity contribution in [3.63, 3.8) is 0 Å². The van der Waals surface area contributed by atoms with Crippen LogP contribution in [0.15, 0.2) is 60.7 Å². The molecule has 2 aliphatic rings. The summed E-state index contributed by atoms with van der Waals surface area (Å²) in [7, 11) is -3.32. The van der Waals surface area contributed by atoms with Crippen molar-refractivity contribution in [2.45, 2.75) is 24.4 Å². The minimum atomic E-state index is -3.32. The van der Waals surface area contributed by atoms with E-state index in [0.717, 1.165) is 5.56 Å². The molecule has 1 spiro atoms. The number of aliphatic hydroxyl groups excluding tert-OH is 1. The zero-order valence-electron chi connectivity index (χ0n) is 15.7. The number of aliphatic hydroxyl groups is 1. The van der Waals surface area contributed by atoms with E-state index in [1.54, 1.807) is 36.1 Å². The quantitative estimate of drug-likeness (QED) is 0.829. The van der Waals surface area contributed by atoms with Gasteiger partial charge >= 0.3 is 0 Å². The van der Waals surface area contributed by atoms with E-state index in [4.69, 9.17) is 0 Å². The van der Waals surface area contributed by atoms with Crippen LogP contribution in [0.5, 0.6) is 0 Å². The summed E-state index contributed by atoms with van der Waals surface area (Å²) in [6, 6.07) is 18.3. The van der Waals surface area contributed by atoms with E-state index >= 15 is 0 Å². The van der Waals surface area contributed by atoms with Gasteiger partial charge in [0.15, 0.2) is 0 Å². The molecule has 6 nitrogen and oxygen atoms in total. The Balaban J connectivity index is 1.72. The van der Waals surface area contributed by atoms with E-state index < -0.39 is 15.6 Å². The van der Waals surface area contributed by atoms with Gasteiger partial charge in [0.25, 0.3) is 5.91 Å². The lowest BCUT2D eigenvalue weighted by molar-refractivity contribution is -0.142. The number of hydrogen-bond acceptors (Lipinski definition) is 4. The molecule has 0 saturated carbocycles. The Hall–Kier alpha value is -2.22. The summed E-state index contributed by atoms with van der Waals surface area (Å²) in [5.74, 6) is -0.232. The van der Waals surface area contributed by atoms with Crippen molar-refractivity contribution in [2.75, 3.05) is 25.4 Å². The van der Waals surface area contributed by atoms with Gasteiger partial charge in [-0.3, -0.25) is 4.79 Å². The molecular formula is C21H24N2O4S. The highest BCUT2D eigenvalue weighted by Crippen LogP contribution is 2.54. The molecule has 7 heteroatoms. The lowest BCUT2D eigenvalue weighted by Crippen LogP contribution is -2.85. The third kappa shape index (κ3) is 2.77. The van der Waals surface area contributed by atoms with Gasteiger partial charge in [-0.2, -0.15) is 4.31 Å². The molecule has 148 valence electrons. The first kappa shape index (κ1) is 19.1. The van der Waals surface area contributed by atoms with Crippen LogP contribution >= 0.6 is 0 Å². The predicted molar refractivity (Wildman–Crippen MR) is 106 cm³/mol. The van der Waals surface area contributed by atoms with Crippen molar-refractivity contribution in [1.82, 2.24) is 9.21 Å².